The van der Waals surface area contributed by atoms with E-state index in [1.165, 1.54) is 50.5 Å². The summed E-state index contributed by atoms with van der Waals surface area (Å²) in [5, 5.41) is 0. The summed E-state index contributed by atoms with van der Waals surface area (Å²) in [6.07, 6.45) is 15.7. The van der Waals surface area contributed by atoms with Crippen LogP contribution >= 0.6 is 0 Å². The highest BCUT2D eigenvalue weighted by molar-refractivity contribution is 5.91. The molecule has 4 aliphatic rings. The molecule has 4 rings (SSSR count). The molecule has 3 saturated carbocycles. The molecule has 0 aromatic carbocycles. The normalized spacial score (nSPS) is 43.7. The Morgan fingerprint density at radius 1 is 1.07 bits per heavy atom. The first-order valence-corrected chi connectivity index (χ1v) is 11.8. The Balaban J connectivity index is 0.00000102. The van der Waals surface area contributed by atoms with Crippen molar-refractivity contribution in [2.24, 2.45) is 34.5 Å². The zero-order chi connectivity index (χ0) is 19.8. The van der Waals surface area contributed by atoms with Crippen LogP contribution in [0.3, 0.4) is 0 Å². The highest BCUT2D eigenvalue weighted by Gasteiger charge is 2.58. The fourth-order valence-corrected chi connectivity index (χ4v) is 7.77. The minimum absolute atomic E-state index is 0.324. The Kier molecular flexibility index (Phi) is 6.09. The van der Waals surface area contributed by atoms with Crippen molar-refractivity contribution in [3.05, 3.63) is 23.3 Å². The number of ketones is 1. The summed E-state index contributed by atoms with van der Waals surface area (Å²) in [4.78, 5) is 12.0. The number of hydrogen-bond donors (Lipinski definition) is 0. The predicted octanol–water partition coefficient (Wildman–Crippen LogP) is 7.52. The van der Waals surface area contributed by atoms with Gasteiger partial charge in [0.1, 0.15) is 0 Å². The molecular formula is C26H42O. The monoisotopic (exact) mass is 370 g/mol. The number of fused-ring (bicyclic) bond motifs is 5. The second kappa shape index (κ2) is 7.88. The van der Waals surface area contributed by atoms with Gasteiger partial charge in [0, 0.05) is 6.42 Å². The summed E-state index contributed by atoms with van der Waals surface area (Å²) in [6.45, 7) is 13.8. The molecule has 3 fully saturated rings. The Bertz CT molecular complexity index is 626. The van der Waals surface area contributed by atoms with Gasteiger partial charge in [-0.2, -0.15) is 0 Å². The summed E-state index contributed by atoms with van der Waals surface area (Å²) in [7, 11) is 0. The van der Waals surface area contributed by atoms with E-state index >= 15 is 0 Å². The van der Waals surface area contributed by atoms with Crippen LogP contribution in [0.1, 0.15) is 99.3 Å². The fraction of sp³-hybridized carbons (Fsp3) is 0.808. The van der Waals surface area contributed by atoms with Gasteiger partial charge in [0.05, 0.1) is 0 Å². The number of allylic oxidation sites excluding steroid dienone is 3. The average molecular weight is 371 g/mol. The van der Waals surface area contributed by atoms with Crippen molar-refractivity contribution in [3.63, 3.8) is 0 Å². The van der Waals surface area contributed by atoms with Crippen LogP contribution in [-0.4, -0.2) is 5.78 Å². The lowest BCUT2D eigenvalue weighted by Gasteiger charge is -2.58. The van der Waals surface area contributed by atoms with E-state index in [9.17, 15) is 4.79 Å². The maximum Gasteiger partial charge on any atom is 0.155 e. The first kappa shape index (κ1) is 20.9. The SMILES string of the molecule is CC.CC/C=C(\C)[C@H]1CCC2C3CCC4=CC(=O)CCC4(C)C3CCC21C. The lowest BCUT2D eigenvalue weighted by Crippen LogP contribution is -2.50. The largest absolute Gasteiger partial charge is 0.295 e. The molecular weight excluding hydrogens is 328 g/mol. The first-order chi connectivity index (χ1) is 12.9. The van der Waals surface area contributed by atoms with Crippen LogP contribution in [-0.2, 0) is 4.79 Å². The van der Waals surface area contributed by atoms with Gasteiger partial charge >= 0.3 is 0 Å². The Morgan fingerprint density at radius 3 is 2.52 bits per heavy atom. The van der Waals surface area contributed by atoms with Crippen molar-refractivity contribution in [1.29, 1.82) is 0 Å². The molecule has 0 radical (unpaired) electrons. The zero-order valence-corrected chi connectivity index (χ0v) is 18.7. The quantitative estimate of drug-likeness (QED) is 0.459. The topological polar surface area (TPSA) is 17.1 Å². The van der Waals surface area contributed by atoms with Crippen LogP contribution in [0.25, 0.3) is 0 Å². The molecule has 152 valence electrons. The molecule has 4 aliphatic carbocycles. The Hall–Kier alpha value is -0.850. The van der Waals surface area contributed by atoms with Gasteiger partial charge in [-0.15, -0.1) is 0 Å². The van der Waals surface area contributed by atoms with E-state index in [-0.39, 0.29) is 0 Å². The van der Waals surface area contributed by atoms with Crippen LogP contribution in [0.5, 0.6) is 0 Å². The van der Waals surface area contributed by atoms with Crippen molar-refractivity contribution in [1.82, 2.24) is 0 Å². The molecule has 0 bridgehead atoms. The van der Waals surface area contributed by atoms with Gasteiger partial charge in [-0.25, -0.2) is 0 Å². The van der Waals surface area contributed by atoms with Crippen molar-refractivity contribution in [2.45, 2.75) is 99.3 Å². The van der Waals surface area contributed by atoms with E-state index in [1.807, 2.05) is 19.9 Å². The number of rotatable bonds is 2. The number of carbonyl (C=O) groups is 1. The third-order valence-corrected chi connectivity index (χ3v) is 9.04. The summed E-state index contributed by atoms with van der Waals surface area (Å²) in [5.41, 5.74) is 4.02. The lowest BCUT2D eigenvalue weighted by atomic mass is 9.46. The summed E-state index contributed by atoms with van der Waals surface area (Å²) >= 11 is 0. The molecule has 0 aromatic heterocycles. The van der Waals surface area contributed by atoms with E-state index in [2.05, 4.69) is 33.8 Å². The first-order valence-electron chi connectivity index (χ1n) is 11.8. The molecule has 0 aromatic rings. The Labute approximate surface area is 168 Å². The van der Waals surface area contributed by atoms with Gasteiger partial charge in [0.25, 0.3) is 0 Å². The minimum Gasteiger partial charge on any atom is -0.295 e. The molecule has 5 unspecified atom stereocenters. The average Bonchev–Trinajstić information content (AvgIpc) is 3.01. The van der Waals surface area contributed by atoms with Crippen molar-refractivity contribution < 1.29 is 4.79 Å². The van der Waals surface area contributed by atoms with E-state index in [4.69, 9.17) is 0 Å². The minimum atomic E-state index is 0.324. The lowest BCUT2D eigenvalue weighted by molar-refractivity contribution is -0.117. The van der Waals surface area contributed by atoms with Crippen LogP contribution in [0, 0.1) is 34.5 Å². The van der Waals surface area contributed by atoms with Gasteiger partial charge in [0.2, 0.25) is 0 Å². The van der Waals surface area contributed by atoms with Crippen LogP contribution in [0.2, 0.25) is 0 Å². The molecule has 0 spiro atoms. The van der Waals surface area contributed by atoms with Crippen LogP contribution in [0.15, 0.2) is 23.3 Å². The molecule has 0 N–H and O–H groups in total. The molecule has 27 heavy (non-hydrogen) atoms. The van der Waals surface area contributed by atoms with Gasteiger partial charge in [-0.1, -0.05) is 51.8 Å². The second-order valence-corrected chi connectivity index (χ2v) is 10.00. The highest BCUT2D eigenvalue weighted by atomic mass is 16.1. The van der Waals surface area contributed by atoms with Gasteiger partial charge in [-0.3, -0.25) is 4.79 Å². The zero-order valence-electron chi connectivity index (χ0n) is 18.7. The van der Waals surface area contributed by atoms with Gasteiger partial charge in [-0.05, 0) is 98.9 Å². The molecule has 0 aliphatic heterocycles. The predicted molar refractivity (Wildman–Crippen MR) is 116 cm³/mol. The Morgan fingerprint density at radius 2 is 1.81 bits per heavy atom. The smallest absolute Gasteiger partial charge is 0.155 e. The van der Waals surface area contributed by atoms with E-state index < -0.39 is 0 Å². The van der Waals surface area contributed by atoms with Crippen LogP contribution < -0.4 is 0 Å². The van der Waals surface area contributed by atoms with E-state index in [1.54, 1.807) is 5.57 Å². The summed E-state index contributed by atoms with van der Waals surface area (Å²) in [6, 6.07) is 0. The van der Waals surface area contributed by atoms with Crippen LogP contribution in [0.4, 0.5) is 0 Å². The van der Waals surface area contributed by atoms with Crippen molar-refractivity contribution in [2.75, 3.05) is 0 Å². The van der Waals surface area contributed by atoms with E-state index in [0.717, 1.165) is 36.5 Å². The van der Waals surface area contributed by atoms with Gasteiger partial charge in [0.15, 0.2) is 5.78 Å². The maximum atomic E-state index is 12.0. The standard InChI is InChI=1S/C24H36O.C2H6/c1-5-6-16(2)20-9-10-21-19-8-7-17-15-18(25)11-13-23(17,3)22(19)12-14-24(20,21)4;1-2/h6,15,19-22H,5,7-14H2,1-4H3;1-2H3/b16-6+;/t19?,20-,21?,22?,23?,24?;/m1./s1. The molecule has 0 amide bonds. The molecule has 0 heterocycles. The summed E-state index contributed by atoms with van der Waals surface area (Å²) < 4.78 is 0. The fourth-order valence-electron chi connectivity index (χ4n) is 7.77. The third kappa shape index (κ3) is 3.28. The maximum absolute atomic E-state index is 12.0. The third-order valence-electron chi connectivity index (χ3n) is 9.04. The summed E-state index contributed by atoms with van der Waals surface area (Å²) in [5.74, 6) is 3.83. The number of hydrogen-bond acceptors (Lipinski definition) is 1. The molecule has 6 atom stereocenters. The molecule has 1 nitrogen and oxygen atoms in total. The molecule has 1 heteroatoms. The molecule has 0 saturated heterocycles. The van der Waals surface area contributed by atoms with Crippen molar-refractivity contribution in [3.8, 4) is 0 Å². The second-order valence-electron chi connectivity index (χ2n) is 10.00. The highest BCUT2D eigenvalue weighted by Crippen LogP contribution is 2.67. The van der Waals surface area contributed by atoms with Gasteiger partial charge < -0.3 is 0 Å². The van der Waals surface area contributed by atoms with Crippen molar-refractivity contribution >= 4 is 5.78 Å². The number of carbonyl (C=O) groups excluding carboxylic acids is 1. The van der Waals surface area contributed by atoms with E-state index in [0.29, 0.717) is 16.6 Å².